The molecule has 0 aliphatic rings. The molecule has 1 N–H and O–H groups in total. The van der Waals surface area contributed by atoms with Crippen LogP contribution < -0.4 is 0 Å². The van der Waals surface area contributed by atoms with E-state index in [0.29, 0.717) is 5.69 Å². The predicted octanol–water partition coefficient (Wildman–Crippen LogP) is 2.65. The molecule has 0 saturated heterocycles. The zero-order valence-corrected chi connectivity index (χ0v) is 9.66. The van der Waals surface area contributed by atoms with Crippen LogP contribution in [0.4, 0.5) is 0 Å². The summed E-state index contributed by atoms with van der Waals surface area (Å²) in [6.45, 7) is 5.46. The largest absolute Gasteiger partial charge is 0.351 e. The minimum Gasteiger partial charge on any atom is -0.351 e. The first-order chi connectivity index (χ1) is 7.76. The molecule has 16 heavy (non-hydrogen) atoms. The normalized spacial score (nSPS) is 10.6. The van der Waals surface area contributed by atoms with Crippen molar-refractivity contribution >= 4 is 16.8 Å². The van der Waals surface area contributed by atoms with E-state index < -0.39 is 0 Å². The van der Waals surface area contributed by atoms with Gasteiger partial charge in [0.05, 0.1) is 0 Å². The average Bonchev–Trinajstić information content (AvgIpc) is 2.74. The second-order valence-electron chi connectivity index (χ2n) is 3.75. The summed E-state index contributed by atoms with van der Waals surface area (Å²) < 4.78 is 0. The molecule has 0 unspecified atom stereocenters. The van der Waals surface area contributed by atoms with Gasteiger partial charge in [0.1, 0.15) is 5.69 Å². The fraction of sp³-hybridized carbons (Fsp3) is 0.308. The van der Waals surface area contributed by atoms with Crippen LogP contribution in [0, 0.1) is 0 Å². The van der Waals surface area contributed by atoms with Crippen LogP contribution in [0.3, 0.4) is 0 Å². The summed E-state index contributed by atoms with van der Waals surface area (Å²) in [5.74, 6) is 0.0706. The van der Waals surface area contributed by atoms with E-state index >= 15 is 0 Å². The van der Waals surface area contributed by atoms with Crippen molar-refractivity contribution in [1.29, 1.82) is 0 Å². The highest BCUT2D eigenvalue weighted by molar-refractivity contribution is 5.97. The topological polar surface area (TPSA) is 36.1 Å². The van der Waals surface area contributed by atoms with Crippen LogP contribution in [0.2, 0.25) is 0 Å². The minimum atomic E-state index is 0.0706. The number of aromatic amines is 1. The van der Waals surface area contributed by atoms with Crippen molar-refractivity contribution in [3.05, 3.63) is 36.0 Å². The van der Waals surface area contributed by atoms with Crippen molar-refractivity contribution in [3.63, 3.8) is 0 Å². The first-order valence-electron chi connectivity index (χ1n) is 5.63. The van der Waals surface area contributed by atoms with Crippen LogP contribution in [0.15, 0.2) is 30.3 Å². The van der Waals surface area contributed by atoms with Crippen LogP contribution in [0.5, 0.6) is 0 Å². The molecular weight excluding hydrogens is 200 g/mol. The first-order valence-corrected chi connectivity index (χ1v) is 5.63. The molecule has 0 radical (unpaired) electrons. The molecule has 1 amide bonds. The molecule has 0 saturated carbocycles. The van der Waals surface area contributed by atoms with Gasteiger partial charge in [-0.25, -0.2) is 0 Å². The van der Waals surface area contributed by atoms with Crippen LogP contribution in [0.25, 0.3) is 10.9 Å². The van der Waals surface area contributed by atoms with E-state index in [1.807, 2.05) is 49.1 Å². The molecule has 0 atom stereocenters. The van der Waals surface area contributed by atoms with Gasteiger partial charge in [-0.05, 0) is 26.0 Å². The maximum atomic E-state index is 12.1. The lowest BCUT2D eigenvalue weighted by Gasteiger charge is -2.17. The lowest BCUT2D eigenvalue weighted by atomic mass is 10.2. The summed E-state index contributed by atoms with van der Waals surface area (Å²) in [5.41, 5.74) is 1.68. The lowest BCUT2D eigenvalue weighted by Crippen LogP contribution is -2.30. The number of amides is 1. The van der Waals surface area contributed by atoms with Crippen molar-refractivity contribution in [2.75, 3.05) is 13.1 Å². The number of hydrogen-bond acceptors (Lipinski definition) is 1. The molecule has 0 spiro atoms. The lowest BCUT2D eigenvalue weighted by molar-refractivity contribution is 0.0768. The number of nitrogens with zero attached hydrogens (tertiary/aromatic N) is 1. The van der Waals surface area contributed by atoms with E-state index in [-0.39, 0.29) is 5.91 Å². The van der Waals surface area contributed by atoms with E-state index in [0.717, 1.165) is 24.0 Å². The third kappa shape index (κ3) is 1.81. The van der Waals surface area contributed by atoms with Crippen molar-refractivity contribution in [1.82, 2.24) is 9.88 Å². The van der Waals surface area contributed by atoms with E-state index in [1.54, 1.807) is 0 Å². The molecule has 84 valence electrons. The zero-order valence-electron chi connectivity index (χ0n) is 9.66. The highest BCUT2D eigenvalue weighted by Gasteiger charge is 2.14. The number of carbonyl (C=O) groups is 1. The number of H-pyrrole nitrogens is 1. The number of nitrogens with one attached hydrogen (secondary N) is 1. The second kappa shape index (κ2) is 4.39. The molecular formula is C13H16N2O. The summed E-state index contributed by atoms with van der Waals surface area (Å²) in [7, 11) is 0. The van der Waals surface area contributed by atoms with E-state index in [9.17, 15) is 4.79 Å². The predicted molar refractivity (Wildman–Crippen MR) is 65.6 cm³/mol. The Morgan fingerprint density at radius 2 is 1.94 bits per heavy atom. The number of hydrogen-bond donors (Lipinski definition) is 1. The standard InChI is InChI=1S/C13H16N2O/c1-3-15(4-2)13(16)12-9-10-7-5-6-8-11(10)14-12/h5-9,14H,3-4H2,1-2H3. The molecule has 0 bridgehead atoms. The third-order valence-corrected chi connectivity index (χ3v) is 2.81. The summed E-state index contributed by atoms with van der Waals surface area (Å²) in [6.07, 6.45) is 0. The highest BCUT2D eigenvalue weighted by Crippen LogP contribution is 2.15. The van der Waals surface area contributed by atoms with Gasteiger partial charge in [0.2, 0.25) is 0 Å². The highest BCUT2D eigenvalue weighted by atomic mass is 16.2. The molecule has 0 fully saturated rings. The van der Waals surface area contributed by atoms with E-state index in [4.69, 9.17) is 0 Å². The van der Waals surface area contributed by atoms with Crippen LogP contribution in [-0.4, -0.2) is 28.9 Å². The Kier molecular flexibility index (Phi) is 2.95. The summed E-state index contributed by atoms with van der Waals surface area (Å²) >= 11 is 0. The monoisotopic (exact) mass is 216 g/mol. The molecule has 1 aromatic heterocycles. The van der Waals surface area contributed by atoms with Crippen LogP contribution >= 0.6 is 0 Å². The van der Waals surface area contributed by atoms with Crippen LogP contribution in [0.1, 0.15) is 24.3 Å². The molecule has 1 aromatic carbocycles. The van der Waals surface area contributed by atoms with Crippen molar-refractivity contribution < 1.29 is 4.79 Å². The van der Waals surface area contributed by atoms with Gasteiger partial charge >= 0.3 is 0 Å². The number of fused-ring (bicyclic) bond motifs is 1. The summed E-state index contributed by atoms with van der Waals surface area (Å²) in [6, 6.07) is 9.83. The van der Waals surface area contributed by atoms with E-state index in [2.05, 4.69) is 4.98 Å². The third-order valence-electron chi connectivity index (χ3n) is 2.81. The maximum absolute atomic E-state index is 12.1. The van der Waals surface area contributed by atoms with Crippen molar-refractivity contribution in [2.24, 2.45) is 0 Å². The number of para-hydroxylation sites is 1. The zero-order chi connectivity index (χ0) is 11.5. The molecule has 2 aromatic rings. The van der Waals surface area contributed by atoms with Crippen molar-refractivity contribution in [2.45, 2.75) is 13.8 Å². The fourth-order valence-electron chi connectivity index (χ4n) is 1.87. The molecule has 2 rings (SSSR count). The summed E-state index contributed by atoms with van der Waals surface area (Å²) in [4.78, 5) is 17.0. The van der Waals surface area contributed by atoms with Gasteiger partial charge in [-0.2, -0.15) is 0 Å². The van der Waals surface area contributed by atoms with Gasteiger partial charge in [-0.3, -0.25) is 4.79 Å². The van der Waals surface area contributed by atoms with Gasteiger partial charge in [0.25, 0.3) is 5.91 Å². The van der Waals surface area contributed by atoms with Gasteiger partial charge in [-0.15, -0.1) is 0 Å². The second-order valence-corrected chi connectivity index (χ2v) is 3.75. The molecule has 3 heteroatoms. The SMILES string of the molecule is CCN(CC)C(=O)c1cc2ccccc2[nH]1. The van der Waals surface area contributed by atoms with E-state index in [1.165, 1.54) is 0 Å². The maximum Gasteiger partial charge on any atom is 0.270 e. The Morgan fingerprint density at radius 1 is 1.25 bits per heavy atom. The van der Waals surface area contributed by atoms with Gasteiger partial charge < -0.3 is 9.88 Å². The molecule has 0 aliphatic heterocycles. The fourth-order valence-corrected chi connectivity index (χ4v) is 1.87. The van der Waals surface area contributed by atoms with Gasteiger partial charge in [0.15, 0.2) is 0 Å². The smallest absolute Gasteiger partial charge is 0.270 e. The molecule has 0 aliphatic carbocycles. The van der Waals surface area contributed by atoms with Crippen molar-refractivity contribution in [3.8, 4) is 0 Å². The van der Waals surface area contributed by atoms with Crippen LogP contribution in [-0.2, 0) is 0 Å². The Morgan fingerprint density at radius 3 is 2.56 bits per heavy atom. The Balaban J connectivity index is 2.36. The number of aromatic nitrogens is 1. The Labute approximate surface area is 95.1 Å². The Hall–Kier alpha value is -1.77. The first kappa shape index (κ1) is 10.7. The average molecular weight is 216 g/mol. The number of rotatable bonds is 3. The molecule has 1 heterocycles. The number of benzene rings is 1. The van der Waals surface area contributed by atoms with Gasteiger partial charge in [-0.1, -0.05) is 18.2 Å². The molecule has 3 nitrogen and oxygen atoms in total. The Bertz CT molecular complexity index is 464. The summed E-state index contributed by atoms with van der Waals surface area (Å²) in [5, 5.41) is 1.08. The van der Waals surface area contributed by atoms with Gasteiger partial charge in [0, 0.05) is 24.0 Å². The number of carbonyl (C=O) groups excluding carboxylic acids is 1. The minimum absolute atomic E-state index is 0.0706. The quantitative estimate of drug-likeness (QED) is 0.841.